The van der Waals surface area contributed by atoms with E-state index < -0.39 is 0 Å². The molecule has 0 radical (unpaired) electrons. The molecule has 0 amide bonds. The van der Waals surface area contributed by atoms with Crippen LogP contribution in [0.2, 0.25) is 0 Å². The van der Waals surface area contributed by atoms with Crippen LogP contribution in [0.25, 0.3) is 0 Å². The Bertz CT molecular complexity index is 324. The summed E-state index contributed by atoms with van der Waals surface area (Å²) in [6.45, 7) is 7.60. The fourth-order valence-corrected chi connectivity index (χ4v) is 2.62. The minimum atomic E-state index is 0.702. The highest BCUT2D eigenvalue weighted by atomic mass is 15.1. The average molecular weight is 235 g/mol. The highest BCUT2D eigenvalue weighted by molar-refractivity contribution is 4.93. The minimum Gasteiger partial charge on any atom is -0.334 e. The second-order valence-corrected chi connectivity index (χ2v) is 5.67. The van der Waals surface area contributed by atoms with Crippen molar-refractivity contribution in [3.05, 3.63) is 18.2 Å². The van der Waals surface area contributed by atoms with Gasteiger partial charge in [-0.05, 0) is 31.2 Å². The molecule has 2 rings (SSSR count). The third-order valence-electron chi connectivity index (χ3n) is 3.57. The second kappa shape index (κ2) is 6.20. The molecule has 1 N–H and O–H groups in total. The van der Waals surface area contributed by atoms with Gasteiger partial charge in [0, 0.05) is 18.9 Å². The molecule has 0 atom stereocenters. The Morgan fingerprint density at radius 1 is 1.41 bits per heavy atom. The highest BCUT2D eigenvalue weighted by Crippen LogP contribution is 2.26. The molecule has 96 valence electrons. The van der Waals surface area contributed by atoms with Crippen LogP contribution in [0.5, 0.6) is 0 Å². The minimum absolute atomic E-state index is 0.702. The Balaban J connectivity index is 1.83. The van der Waals surface area contributed by atoms with Crippen LogP contribution in [-0.4, -0.2) is 16.1 Å². The van der Waals surface area contributed by atoms with Crippen molar-refractivity contribution in [1.29, 1.82) is 0 Å². The number of imidazole rings is 1. The van der Waals surface area contributed by atoms with E-state index >= 15 is 0 Å². The van der Waals surface area contributed by atoms with Crippen LogP contribution in [0.15, 0.2) is 12.4 Å². The summed E-state index contributed by atoms with van der Waals surface area (Å²) in [7, 11) is 0. The number of hydrogen-bond acceptors (Lipinski definition) is 2. The Kier molecular flexibility index (Phi) is 4.60. The van der Waals surface area contributed by atoms with Crippen molar-refractivity contribution >= 4 is 0 Å². The van der Waals surface area contributed by atoms with Crippen LogP contribution in [0.1, 0.15) is 45.4 Å². The lowest BCUT2D eigenvalue weighted by Crippen LogP contribution is -2.22. The zero-order chi connectivity index (χ0) is 12.1. The number of hydrogen-bond donors (Lipinski definition) is 1. The molecule has 0 unspecified atom stereocenters. The zero-order valence-electron chi connectivity index (χ0n) is 11.2. The predicted octanol–water partition coefficient (Wildman–Crippen LogP) is 2.82. The first-order valence-corrected chi connectivity index (χ1v) is 6.96. The van der Waals surface area contributed by atoms with Crippen molar-refractivity contribution in [3.8, 4) is 0 Å². The zero-order valence-corrected chi connectivity index (χ0v) is 11.2. The maximum atomic E-state index is 4.46. The fraction of sp³-hybridized carbons (Fsp3) is 0.786. The van der Waals surface area contributed by atoms with Gasteiger partial charge in [0.25, 0.3) is 0 Å². The van der Waals surface area contributed by atoms with Crippen molar-refractivity contribution in [2.75, 3.05) is 6.54 Å². The molecule has 1 aliphatic carbocycles. The standard InChI is InChI=1S/C14H25N3/c1-12(2)9-15-10-14-16-7-8-17(14)11-13-5-3-4-6-13/h7-8,12-13,15H,3-6,9-11H2,1-2H3. The van der Waals surface area contributed by atoms with Gasteiger partial charge in [-0.15, -0.1) is 0 Å². The van der Waals surface area contributed by atoms with Crippen LogP contribution in [-0.2, 0) is 13.1 Å². The Morgan fingerprint density at radius 3 is 2.88 bits per heavy atom. The van der Waals surface area contributed by atoms with Crippen molar-refractivity contribution in [1.82, 2.24) is 14.9 Å². The molecular weight excluding hydrogens is 210 g/mol. The number of nitrogens with one attached hydrogen (secondary N) is 1. The third-order valence-corrected chi connectivity index (χ3v) is 3.57. The van der Waals surface area contributed by atoms with Crippen LogP contribution >= 0.6 is 0 Å². The largest absolute Gasteiger partial charge is 0.334 e. The van der Waals surface area contributed by atoms with Crippen molar-refractivity contribution < 1.29 is 0 Å². The summed E-state index contributed by atoms with van der Waals surface area (Å²) in [5.41, 5.74) is 0. The van der Waals surface area contributed by atoms with Gasteiger partial charge in [0.15, 0.2) is 0 Å². The third kappa shape index (κ3) is 3.84. The van der Waals surface area contributed by atoms with Crippen LogP contribution in [0, 0.1) is 11.8 Å². The van der Waals surface area contributed by atoms with Gasteiger partial charge in [-0.3, -0.25) is 0 Å². The van der Waals surface area contributed by atoms with Crippen LogP contribution in [0.4, 0.5) is 0 Å². The summed E-state index contributed by atoms with van der Waals surface area (Å²) >= 11 is 0. The van der Waals surface area contributed by atoms with Gasteiger partial charge in [0.1, 0.15) is 5.82 Å². The van der Waals surface area contributed by atoms with Crippen LogP contribution < -0.4 is 5.32 Å². The quantitative estimate of drug-likeness (QED) is 0.821. The monoisotopic (exact) mass is 235 g/mol. The fourth-order valence-electron chi connectivity index (χ4n) is 2.62. The molecule has 3 heteroatoms. The molecule has 1 aliphatic rings. The van der Waals surface area contributed by atoms with Gasteiger partial charge < -0.3 is 9.88 Å². The Hall–Kier alpha value is -0.830. The second-order valence-electron chi connectivity index (χ2n) is 5.67. The van der Waals surface area contributed by atoms with Gasteiger partial charge in [0.05, 0.1) is 6.54 Å². The van der Waals surface area contributed by atoms with E-state index in [1.807, 2.05) is 6.20 Å². The first-order valence-electron chi connectivity index (χ1n) is 6.96. The molecule has 0 aliphatic heterocycles. The Morgan fingerprint density at radius 2 is 2.18 bits per heavy atom. The summed E-state index contributed by atoms with van der Waals surface area (Å²) in [4.78, 5) is 4.46. The molecule has 3 nitrogen and oxygen atoms in total. The molecule has 1 heterocycles. The normalized spacial score (nSPS) is 17.1. The summed E-state index contributed by atoms with van der Waals surface area (Å²) in [6, 6.07) is 0. The maximum Gasteiger partial charge on any atom is 0.122 e. The van der Waals surface area contributed by atoms with Crippen molar-refractivity contribution in [3.63, 3.8) is 0 Å². The van der Waals surface area contributed by atoms with Gasteiger partial charge in [0.2, 0.25) is 0 Å². The first kappa shape index (κ1) is 12.6. The summed E-state index contributed by atoms with van der Waals surface area (Å²) in [5, 5.41) is 3.47. The number of nitrogens with zero attached hydrogens (tertiary/aromatic N) is 2. The lowest BCUT2D eigenvalue weighted by Gasteiger charge is -2.13. The molecule has 0 spiro atoms. The summed E-state index contributed by atoms with van der Waals surface area (Å²) < 4.78 is 2.34. The maximum absolute atomic E-state index is 4.46. The molecule has 1 saturated carbocycles. The van der Waals surface area contributed by atoms with Gasteiger partial charge >= 0.3 is 0 Å². The number of aromatic nitrogens is 2. The lowest BCUT2D eigenvalue weighted by atomic mass is 10.1. The SMILES string of the molecule is CC(C)CNCc1nccn1CC1CCCC1. The summed E-state index contributed by atoms with van der Waals surface area (Å²) in [5.74, 6) is 2.78. The van der Waals surface area contributed by atoms with E-state index in [0.29, 0.717) is 5.92 Å². The Labute approximate surface area is 105 Å². The summed E-state index contributed by atoms with van der Waals surface area (Å²) in [6.07, 6.45) is 9.70. The molecular formula is C14H25N3. The van der Waals surface area contributed by atoms with E-state index in [0.717, 1.165) is 19.0 Å². The molecule has 1 fully saturated rings. The van der Waals surface area contributed by atoms with E-state index in [-0.39, 0.29) is 0 Å². The van der Waals surface area contributed by atoms with Crippen LogP contribution in [0.3, 0.4) is 0 Å². The predicted molar refractivity (Wildman–Crippen MR) is 70.7 cm³/mol. The van der Waals surface area contributed by atoms with E-state index in [1.165, 1.54) is 38.1 Å². The van der Waals surface area contributed by atoms with Crippen molar-refractivity contribution in [2.45, 2.75) is 52.6 Å². The highest BCUT2D eigenvalue weighted by Gasteiger charge is 2.16. The van der Waals surface area contributed by atoms with Gasteiger partial charge in [-0.2, -0.15) is 0 Å². The first-order chi connectivity index (χ1) is 8.25. The van der Waals surface area contributed by atoms with E-state index in [4.69, 9.17) is 0 Å². The molecule has 1 aromatic rings. The van der Waals surface area contributed by atoms with Gasteiger partial charge in [-0.25, -0.2) is 4.98 Å². The molecule has 0 saturated heterocycles. The molecule has 0 bridgehead atoms. The topological polar surface area (TPSA) is 29.9 Å². The van der Waals surface area contributed by atoms with Crippen molar-refractivity contribution in [2.24, 2.45) is 11.8 Å². The van der Waals surface area contributed by atoms with E-state index in [1.54, 1.807) is 0 Å². The smallest absolute Gasteiger partial charge is 0.122 e. The molecule has 0 aromatic carbocycles. The number of rotatable bonds is 6. The van der Waals surface area contributed by atoms with E-state index in [2.05, 4.69) is 34.9 Å². The van der Waals surface area contributed by atoms with Gasteiger partial charge in [-0.1, -0.05) is 26.7 Å². The average Bonchev–Trinajstić information content (AvgIpc) is 2.91. The molecule has 17 heavy (non-hydrogen) atoms. The lowest BCUT2D eigenvalue weighted by molar-refractivity contribution is 0.438. The molecule has 1 aromatic heterocycles. The van der Waals surface area contributed by atoms with E-state index in [9.17, 15) is 0 Å².